The molecule has 5 N–H and O–H groups in total. The highest BCUT2D eigenvalue weighted by Gasteiger charge is 2.23. The van der Waals surface area contributed by atoms with Gasteiger partial charge in [0, 0.05) is 24.7 Å². The summed E-state index contributed by atoms with van der Waals surface area (Å²) in [7, 11) is -3.32. The van der Waals surface area contributed by atoms with Gasteiger partial charge in [-0.2, -0.15) is 0 Å². The average Bonchev–Trinajstić information content (AvgIpc) is 3.04. The molecule has 1 fully saturated rings. The van der Waals surface area contributed by atoms with Gasteiger partial charge in [0.2, 0.25) is 0 Å². The molecule has 1 aliphatic heterocycles. The highest BCUT2D eigenvalue weighted by Crippen LogP contribution is 2.41. The normalized spacial score (nSPS) is 15.6. The molecule has 0 aliphatic carbocycles. The third-order valence-electron chi connectivity index (χ3n) is 5.29. The van der Waals surface area contributed by atoms with Gasteiger partial charge < -0.3 is 21.5 Å². The van der Waals surface area contributed by atoms with E-state index in [1.807, 2.05) is 6.07 Å². The van der Waals surface area contributed by atoms with Crippen LogP contribution in [0.3, 0.4) is 0 Å². The molecule has 30 heavy (non-hydrogen) atoms. The number of pyridine rings is 1. The van der Waals surface area contributed by atoms with Crippen LogP contribution in [0.1, 0.15) is 22.5 Å². The van der Waals surface area contributed by atoms with Crippen molar-refractivity contribution in [1.82, 2.24) is 4.98 Å². The van der Waals surface area contributed by atoms with E-state index >= 15 is 0 Å². The average molecular weight is 447 g/mol. The van der Waals surface area contributed by atoms with E-state index in [-0.39, 0.29) is 21.6 Å². The molecule has 10 heteroatoms. The van der Waals surface area contributed by atoms with Crippen molar-refractivity contribution in [3.05, 3.63) is 35.2 Å². The molecule has 0 saturated carbocycles. The number of thiophene rings is 1. The van der Waals surface area contributed by atoms with Gasteiger partial charge in [-0.25, -0.2) is 13.4 Å². The molecular weight excluding hydrogens is 424 g/mol. The quantitative estimate of drug-likeness (QED) is 0.557. The molecule has 3 heterocycles. The summed E-state index contributed by atoms with van der Waals surface area (Å²) in [5.41, 5.74) is 13.5. The second-order valence-electron chi connectivity index (χ2n) is 7.43. The minimum Gasteiger partial charge on any atom is -0.397 e. The number of amides is 1. The van der Waals surface area contributed by atoms with E-state index in [9.17, 15) is 18.3 Å². The Balaban J connectivity index is 1.90. The van der Waals surface area contributed by atoms with E-state index in [0.29, 0.717) is 42.0 Å². The standard InChI is InChI=1S/C20H22N4O4S2/c1-30(27,28)13-4-2-11(3-5-13)14-10-15(24-8-6-12(25)7-9-24)23-20-16(14)17(21)18(29-20)19(22)26/h2-5,10,12,25H,6-9,21H2,1H3,(H2,22,26). The number of anilines is 2. The lowest BCUT2D eigenvalue weighted by Crippen LogP contribution is -2.36. The van der Waals surface area contributed by atoms with Crippen LogP contribution in [-0.4, -0.2) is 49.9 Å². The second-order valence-corrected chi connectivity index (χ2v) is 10.4. The maximum absolute atomic E-state index is 11.8. The SMILES string of the molecule is CS(=O)(=O)c1ccc(-c2cc(N3CCC(O)CC3)nc3sc(C(N)=O)c(N)c23)cc1. The lowest BCUT2D eigenvalue weighted by Gasteiger charge is -2.30. The highest BCUT2D eigenvalue weighted by atomic mass is 32.2. The molecule has 2 aromatic heterocycles. The fourth-order valence-corrected chi connectivity index (χ4v) is 5.25. The van der Waals surface area contributed by atoms with Crippen LogP contribution in [-0.2, 0) is 9.84 Å². The number of primary amides is 1. The predicted octanol–water partition coefficient (Wildman–Crippen LogP) is 2.01. The first-order chi connectivity index (χ1) is 14.1. The van der Waals surface area contributed by atoms with Crippen LogP contribution in [0, 0.1) is 0 Å². The molecule has 1 aliphatic rings. The smallest absolute Gasteiger partial charge is 0.260 e. The van der Waals surface area contributed by atoms with Crippen molar-refractivity contribution >= 4 is 48.8 Å². The van der Waals surface area contributed by atoms with Gasteiger partial charge in [-0.15, -0.1) is 11.3 Å². The Hall–Kier alpha value is -2.69. The summed E-state index contributed by atoms with van der Waals surface area (Å²) < 4.78 is 23.6. The molecule has 1 amide bonds. The number of benzene rings is 1. The van der Waals surface area contributed by atoms with Crippen LogP contribution < -0.4 is 16.4 Å². The largest absolute Gasteiger partial charge is 0.397 e. The van der Waals surface area contributed by atoms with Gasteiger partial charge in [-0.3, -0.25) is 4.79 Å². The lowest BCUT2D eigenvalue weighted by atomic mass is 10.0. The number of nitrogens with zero attached hydrogens (tertiary/aromatic N) is 2. The van der Waals surface area contributed by atoms with E-state index in [1.165, 1.54) is 0 Å². The first kappa shape index (κ1) is 20.6. The number of hydrogen-bond donors (Lipinski definition) is 3. The van der Waals surface area contributed by atoms with Crippen LogP contribution >= 0.6 is 11.3 Å². The summed E-state index contributed by atoms with van der Waals surface area (Å²) in [6.07, 6.45) is 2.15. The Labute approximate surface area is 178 Å². The number of nitrogen functional groups attached to an aromatic ring is 1. The van der Waals surface area contributed by atoms with Crippen molar-refractivity contribution in [3.8, 4) is 11.1 Å². The number of hydrogen-bond acceptors (Lipinski definition) is 8. The van der Waals surface area contributed by atoms with E-state index in [1.54, 1.807) is 24.3 Å². The molecule has 4 rings (SSSR count). The molecule has 0 atom stereocenters. The Morgan fingerprint density at radius 3 is 2.43 bits per heavy atom. The molecule has 3 aromatic rings. The van der Waals surface area contributed by atoms with E-state index < -0.39 is 15.7 Å². The number of sulfone groups is 1. The van der Waals surface area contributed by atoms with Crippen molar-refractivity contribution in [1.29, 1.82) is 0 Å². The number of aliphatic hydroxyl groups is 1. The van der Waals surface area contributed by atoms with Crippen molar-refractivity contribution < 1.29 is 18.3 Å². The molecule has 0 bridgehead atoms. The minimum atomic E-state index is -3.32. The van der Waals surface area contributed by atoms with Gasteiger partial charge in [-0.1, -0.05) is 12.1 Å². The van der Waals surface area contributed by atoms with Crippen LogP contribution in [0.5, 0.6) is 0 Å². The third kappa shape index (κ3) is 3.73. The number of aromatic nitrogens is 1. The minimum absolute atomic E-state index is 0.220. The molecule has 1 aromatic carbocycles. The zero-order chi connectivity index (χ0) is 21.6. The predicted molar refractivity (Wildman–Crippen MR) is 119 cm³/mol. The van der Waals surface area contributed by atoms with E-state index in [2.05, 4.69) is 4.90 Å². The van der Waals surface area contributed by atoms with Crippen LogP contribution in [0.4, 0.5) is 11.5 Å². The molecule has 1 saturated heterocycles. The molecular formula is C20H22N4O4S2. The zero-order valence-electron chi connectivity index (χ0n) is 16.3. The van der Waals surface area contributed by atoms with Crippen molar-refractivity contribution in [2.75, 3.05) is 30.0 Å². The van der Waals surface area contributed by atoms with Gasteiger partial charge in [0.25, 0.3) is 5.91 Å². The van der Waals surface area contributed by atoms with Gasteiger partial charge in [0.05, 0.1) is 16.7 Å². The Bertz CT molecular complexity index is 1230. The zero-order valence-corrected chi connectivity index (χ0v) is 18.0. The van der Waals surface area contributed by atoms with Crippen molar-refractivity contribution in [2.45, 2.75) is 23.8 Å². The van der Waals surface area contributed by atoms with Crippen LogP contribution in [0.25, 0.3) is 21.3 Å². The molecule has 0 spiro atoms. The number of carbonyl (C=O) groups is 1. The number of piperidine rings is 1. The number of rotatable bonds is 4. The Morgan fingerprint density at radius 2 is 1.87 bits per heavy atom. The van der Waals surface area contributed by atoms with Crippen molar-refractivity contribution in [3.63, 3.8) is 0 Å². The number of fused-ring (bicyclic) bond motifs is 1. The van der Waals surface area contributed by atoms with Gasteiger partial charge >= 0.3 is 0 Å². The van der Waals surface area contributed by atoms with Gasteiger partial charge in [-0.05, 0) is 42.2 Å². The maximum Gasteiger partial charge on any atom is 0.260 e. The third-order valence-corrected chi connectivity index (χ3v) is 7.53. The monoisotopic (exact) mass is 446 g/mol. The van der Waals surface area contributed by atoms with Gasteiger partial charge in [0.15, 0.2) is 9.84 Å². The van der Waals surface area contributed by atoms with E-state index in [4.69, 9.17) is 16.5 Å². The van der Waals surface area contributed by atoms with Crippen LogP contribution in [0.2, 0.25) is 0 Å². The van der Waals surface area contributed by atoms with Crippen molar-refractivity contribution in [2.24, 2.45) is 5.73 Å². The number of carbonyl (C=O) groups excluding carboxylic acids is 1. The summed E-state index contributed by atoms with van der Waals surface area (Å²) in [5, 5.41) is 10.4. The maximum atomic E-state index is 11.8. The summed E-state index contributed by atoms with van der Waals surface area (Å²) in [6.45, 7) is 1.32. The fraction of sp³-hybridized carbons (Fsp3) is 0.300. The Morgan fingerprint density at radius 1 is 1.23 bits per heavy atom. The summed E-state index contributed by atoms with van der Waals surface area (Å²) in [6, 6.07) is 8.42. The first-order valence-electron chi connectivity index (χ1n) is 9.41. The Kier molecular flexibility index (Phi) is 5.16. The lowest BCUT2D eigenvalue weighted by molar-refractivity contribution is 0.100. The van der Waals surface area contributed by atoms with E-state index in [0.717, 1.165) is 28.7 Å². The summed E-state index contributed by atoms with van der Waals surface area (Å²) in [5.74, 6) is 0.102. The highest BCUT2D eigenvalue weighted by molar-refractivity contribution is 7.90. The second kappa shape index (κ2) is 7.53. The molecule has 0 unspecified atom stereocenters. The summed E-state index contributed by atoms with van der Waals surface area (Å²) >= 11 is 1.14. The molecule has 0 radical (unpaired) electrons. The summed E-state index contributed by atoms with van der Waals surface area (Å²) in [4.78, 5) is 19.7. The van der Waals surface area contributed by atoms with Gasteiger partial charge in [0.1, 0.15) is 15.5 Å². The van der Waals surface area contributed by atoms with Crippen LogP contribution in [0.15, 0.2) is 35.2 Å². The first-order valence-corrected chi connectivity index (χ1v) is 12.1. The molecule has 8 nitrogen and oxygen atoms in total. The number of nitrogens with two attached hydrogens (primary N) is 2. The number of aliphatic hydroxyl groups excluding tert-OH is 1. The topological polar surface area (TPSA) is 140 Å². The molecule has 158 valence electrons. The fourth-order valence-electron chi connectivity index (χ4n) is 3.66.